The lowest BCUT2D eigenvalue weighted by atomic mass is 10.00. The minimum absolute atomic E-state index is 0.151. The number of H-pyrrole nitrogens is 1. The van der Waals surface area contributed by atoms with Gasteiger partial charge in [0, 0.05) is 22.1 Å². The minimum Gasteiger partial charge on any atom is -0.337 e. The summed E-state index contributed by atoms with van der Waals surface area (Å²) in [4.78, 5) is 7.97. The van der Waals surface area contributed by atoms with E-state index in [2.05, 4.69) is 9.97 Å². The van der Waals surface area contributed by atoms with Crippen LogP contribution in [-0.2, 0) is 9.84 Å². The van der Waals surface area contributed by atoms with E-state index >= 15 is 0 Å². The van der Waals surface area contributed by atoms with Crippen LogP contribution in [0.3, 0.4) is 0 Å². The number of aromatic nitrogens is 2. The Morgan fingerprint density at radius 2 is 1.67 bits per heavy atom. The highest BCUT2D eigenvalue weighted by Crippen LogP contribution is 2.38. The Hall–Kier alpha value is -2.67. The van der Waals surface area contributed by atoms with Gasteiger partial charge >= 0.3 is 0 Å². The van der Waals surface area contributed by atoms with Crippen LogP contribution < -0.4 is 0 Å². The zero-order valence-corrected chi connectivity index (χ0v) is 17.8. The summed E-state index contributed by atoms with van der Waals surface area (Å²) in [6.45, 7) is 0. The molecule has 0 aliphatic heterocycles. The van der Waals surface area contributed by atoms with E-state index in [4.69, 9.17) is 23.2 Å². The van der Waals surface area contributed by atoms with Gasteiger partial charge in [0.05, 0.1) is 26.5 Å². The molecule has 30 heavy (non-hydrogen) atoms. The van der Waals surface area contributed by atoms with Crippen molar-refractivity contribution in [1.29, 1.82) is 0 Å². The fourth-order valence-corrected chi connectivity index (χ4v) is 4.82. The summed E-state index contributed by atoms with van der Waals surface area (Å²) < 4.78 is 38.8. The van der Waals surface area contributed by atoms with Crippen LogP contribution >= 0.6 is 23.2 Å². The Labute approximate surface area is 181 Å². The second-order valence-electron chi connectivity index (χ2n) is 7.08. The molecule has 0 bridgehead atoms. The van der Waals surface area contributed by atoms with Gasteiger partial charge in [0.1, 0.15) is 11.6 Å². The van der Waals surface area contributed by atoms with E-state index in [0.29, 0.717) is 21.4 Å². The first-order valence-corrected chi connectivity index (χ1v) is 11.6. The lowest BCUT2D eigenvalue weighted by Gasteiger charge is -2.08. The number of hydrogen-bond donors (Lipinski definition) is 1. The van der Waals surface area contributed by atoms with E-state index in [0.717, 1.165) is 22.4 Å². The van der Waals surface area contributed by atoms with Crippen molar-refractivity contribution >= 4 is 65.6 Å². The van der Waals surface area contributed by atoms with Gasteiger partial charge < -0.3 is 4.98 Å². The zero-order valence-electron chi connectivity index (χ0n) is 15.5. The van der Waals surface area contributed by atoms with Crippen LogP contribution in [0.25, 0.3) is 44.0 Å². The van der Waals surface area contributed by atoms with E-state index in [1.165, 1.54) is 12.1 Å². The Balaban J connectivity index is 1.99. The molecule has 0 saturated heterocycles. The third-order valence-electron chi connectivity index (χ3n) is 5.12. The van der Waals surface area contributed by atoms with Crippen LogP contribution in [0.15, 0.2) is 59.5 Å². The third kappa shape index (κ3) is 2.95. The first-order valence-electron chi connectivity index (χ1n) is 8.93. The molecule has 150 valence electrons. The molecule has 1 aromatic heterocycles. The Kier molecular flexibility index (Phi) is 4.29. The van der Waals surface area contributed by atoms with Crippen molar-refractivity contribution in [3.63, 3.8) is 0 Å². The Morgan fingerprint density at radius 3 is 2.40 bits per heavy atom. The van der Waals surface area contributed by atoms with Crippen molar-refractivity contribution in [3.05, 3.63) is 70.5 Å². The predicted molar refractivity (Wildman–Crippen MR) is 120 cm³/mol. The average Bonchev–Trinajstić information content (AvgIpc) is 3.12. The lowest BCUT2D eigenvalue weighted by Crippen LogP contribution is -1.96. The van der Waals surface area contributed by atoms with Crippen molar-refractivity contribution in [2.24, 2.45) is 0 Å². The van der Waals surface area contributed by atoms with E-state index in [1.54, 1.807) is 36.4 Å². The number of benzene rings is 4. The molecule has 5 aromatic rings. The Morgan fingerprint density at radius 1 is 0.933 bits per heavy atom. The number of imidazole rings is 1. The monoisotopic (exact) mass is 458 g/mol. The van der Waals surface area contributed by atoms with Crippen LogP contribution in [0.4, 0.5) is 4.39 Å². The van der Waals surface area contributed by atoms with Crippen molar-refractivity contribution in [2.45, 2.75) is 4.90 Å². The molecule has 0 aliphatic rings. The topological polar surface area (TPSA) is 62.8 Å². The smallest absolute Gasteiger partial charge is 0.175 e. The molecule has 0 radical (unpaired) electrons. The fourth-order valence-electron chi connectivity index (χ4n) is 3.75. The molecule has 4 aromatic carbocycles. The maximum atomic E-state index is 14.5. The van der Waals surface area contributed by atoms with Gasteiger partial charge in [-0.2, -0.15) is 0 Å². The summed E-state index contributed by atoms with van der Waals surface area (Å²) in [6.07, 6.45) is 1.16. The molecular formula is C22H13Cl2FN2O2S. The average molecular weight is 459 g/mol. The van der Waals surface area contributed by atoms with Crippen molar-refractivity contribution < 1.29 is 12.8 Å². The number of fused-ring (bicyclic) bond motifs is 6. The number of sulfone groups is 1. The molecule has 0 aliphatic carbocycles. The molecule has 0 fully saturated rings. The highest BCUT2D eigenvalue weighted by molar-refractivity contribution is 7.90. The molecule has 0 saturated carbocycles. The van der Waals surface area contributed by atoms with Gasteiger partial charge in [-0.1, -0.05) is 41.4 Å². The van der Waals surface area contributed by atoms with Crippen molar-refractivity contribution in [3.8, 4) is 11.4 Å². The molecule has 0 atom stereocenters. The molecule has 0 spiro atoms. The second kappa shape index (κ2) is 6.67. The van der Waals surface area contributed by atoms with Crippen molar-refractivity contribution in [1.82, 2.24) is 9.97 Å². The second-order valence-corrected chi connectivity index (χ2v) is 9.93. The number of hydrogen-bond acceptors (Lipinski definition) is 3. The van der Waals surface area contributed by atoms with Gasteiger partial charge in [-0.05, 0) is 47.2 Å². The van der Waals surface area contributed by atoms with Crippen LogP contribution in [0, 0.1) is 5.82 Å². The quantitative estimate of drug-likeness (QED) is 0.312. The normalized spacial score (nSPS) is 12.3. The standard InChI is InChI=1S/C22H13Cl2FN2O2S/c1-30(28,29)12-6-8-14-13-7-5-11(23)9-15(13)20-21(16(14)10-12)27-22(26-20)19-17(24)3-2-4-18(19)25/h2-10H,1H3,(H,26,27). The van der Waals surface area contributed by atoms with Gasteiger partial charge in [-0.25, -0.2) is 17.8 Å². The van der Waals surface area contributed by atoms with E-state index in [9.17, 15) is 12.8 Å². The summed E-state index contributed by atoms with van der Waals surface area (Å²) in [6, 6.07) is 14.8. The number of aromatic amines is 1. The molecule has 4 nitrogen and oxygen atoms in total. The number of rotatable bonds is 2. The van der Waals surface area contributed by atoms with Gasteiger partial charge in [-0.15, -0.1) is 0 Å². The largest absolute Gasteiger partial charge is 0.337 e. The predicted octanol–water partition coefficient (Wildman–Crippen LogP) is 6.39. The fraction of sp³-hybridized carbons (Fsp3) is 0.0455. The van der Waals surface area contributed by atoms with Crippen molar-refractivity contribution in [2.75, 3.05) is 6.26 Å². The number of nitrogens with zero attached hydrogens (tertiary/aromatic N) is 1. The third-order valence-corrected chi connectivity index (χ3v) is 6.78. The zero-order chi connectivity index (χ0) is 21.2. The summed E-state index contributed by atoms with van der Waals surface area (Å²) >= 11 is 12.5. The number of nitrogens with one attached hydrogen (secondary N) is 1. The van der Waals surface area contributed by atoms with Gasteiger partial charge in [0.2, 0.25) is 0 Å². The van der Waals surface area contributed by atoms with E-state index in [-0.39, 0.29) is 21.3 Å². The van der Waals surface area contributed by atoms with Gasteiger partial charge in [0.25, 0.3) is 0 Å². The summed E-state index contributed by atoms with van der Waals surface area (Å²) in [5.74, 6) is -0.253. The molecule has 5 rings (SSSR count). The number of halogens is 3. The lowest BCUT2D eigenvalue weighted by molar-refractivity contribution is 0.602. The molecule has 0 unspecified atom stereocenters. The van der Waals surface area contributed by atoms with E-state index < -0.39 is 15.7 Å². The molecule has 0 amide bonds. The highest BCUT2D eigenvalue weighted by Gasteiger charge is 2.19. The first kappa shape index (κ1) is 19.3. The van der Waals surface area contributed by atoms with Crippen LogP contribution in [0.2, 0.25) is 10.0 Å². The first-order chi connectivity index (χ1) is 14.2. The summed E-state index contributed by atoms with van der Waals surface area (Å²) in [7, 11) is -3.42. The van der Waals surface area contributed by atoms with Crippen LogP contribution in [0.5, 0.6) is 0 Å². The van der Waals surface area contributed by atoms with Gasteiger partial charge in [-0.3, -0.25) is 0 Å². The minimum atomic E-state index is -3.42. The maximum Gasteiger partial charge on any atom is 0.175 e. The Bertz CT molecular complexity index is 1590. The van der Waals surface area contributed by atoms with Gasteiger partial charge in [0.15, 0.2) is 9.84 Å². The molecular weight excluding hydrogens is 446 g/mol. The molecule has 1 heterocycles. The highest BCUT2D eigenvalue weighted by atomic mass is 35.5. The summed E-state index contributed by atoms with van der Waals surface area (Å²) in [5.41, 5.74) is 1.29. The maximum absolute atomic E-state index is 14.5. The van der Waals surface area contributed by atoms with Crippen LogP contribution in [0.1, 0.15) is 0 Å². The SMILES string of the molecule is CS(=O)(=O)c1ccc2c3ccc(Cl)cc3c3nc(-c4c(F)cccc4Cl)[nH]c3c2c1. The summed E-state index contributed by atoms with van der Waals surface area (Å²) in [5, 5.41) is 3.87. The molecule has 1 N–H and O–H groups in total. The van der Waals surface area contributed by atoms with Crippen LogP contribution in [-0.4, -0.2) is 24.6 Å². The van der Waals surface area contributed by atoms with E-state index in [1.807, 2.05) is 6.07 Å². The molecule has 8 heteroatoms.